The minimum Gasteiger partial charge on any atom is -1.00 e. The SMILES string of the molecule is C/C=N/O.CC(=O)O.CC(O)O.Cl.NO.[AlH3].[H-].[Li+].[Na+].[OH-]. The van der Waals surface area contributed by atoms with E-state index in [0.717, 1.165) is 6.92 Å². The molecule has 0 aliphatic carbocycles. The maximum atomic E-state index is 9.00. The number of nitrogens with two attached hydrogens (primary N) is 1. The van der Waals surface area contributed by atoms with Gasteiger partial charge in [-0.1, -0.05) is 0 Å². The number of hydrogen-bond donors (Lipinski definition) is 6. The van der Waals surface area contributed by atoms with E-state index >= 15 is 0 Å². The van der Waals surface area contributed by atoms with Gasteiger partial charge in [0.25, 0.3) is 5.97 Å². The van der Waals surface area contributed by atoms with Crippen LogP contribution in [-0.4, -0.2) is 67.0 Å². The van der Waals surface area contributed by atoms with Crippen LogP contribution in [0.3, 0.4) is 0 Å². The Morgan fingerprint density at radius 2 is 1.42 bits per heavy atom. The summed E-state index contributed by atoms with van der Waals surface area (Å²) >= 11 is 0. The number of hydrogen-bond acceptors (Lipinski definition) is 8. The fraction of sp³-hybridized carbons (Fsp3) is 0.667. The Bertz CT molecular complexity index is 135. The molecule has 0 aliphatic heterocycles. The minimum absolute atomic E-state index is 0. The second kappa shape index (κ2) is 75.3. The van der Waals surface area contributed by atoms with Crippen LogP contribution in [-0.2, 0) is 4.79 Å². The van der Waals surface area contributed by atoms with Gasteiger partial charge in [0.05, 0.1) is 0 Å². The molecule has 0 bridgehead atoms. The topological polar surface area (TPSA) is 187 Å². The van der Waals surface area contributed by atoms with Crippen molar-refractivity contribution < 1.29 is 85.8 Å². The first-order valence-corrected chi connectivity index (χ1v) is 3.32. The van der Waals surface area contributed by atoms with Gasteiger partial charge >= 0.3 is 48.4 Å². The number of halogens is 1. The summed E-state index contributed by atoms with van der Waals surface area (Å²) in [5, 5.41) is 39.2. The van der Waals surface area contributed by atoms with Gasteiger partial charge in [0, 0.05) is 13.1 Å². The number of nitrogens with zero attached hydrogens (tertiary/aromatic N) is 1. The van der Waals surface area contributed by atoms with Crippen LogP contribution in [0.1, 0.15) is 22.2 Å². The molecule has 0 aromatic heterocycles. The standard InChI is InChI=1S/C2H5NO.C2H6O2.C2H4O2.Al.ClH.Li.H3NO.Na.H2O.4H/c1-2-3-4;2*1-2(3)4;;;;1-2;;;;;;/h2,4H,1H3;2-4H,1H3;1H3,(H,3,4);;1H;;2H,1H2;;1H2;;;;/q;;;;;+1;;+1;;;;;-1/p-1/b3-2+;;;;;;;;;;;;. The Balaban J connectivity index is -0.00000000773. The molecule has 13 heteroatoms. The zero-order valence-electron chi connectivity index (χ0n) is 12.2. The second-order valence-corrected chi connectivity index (χ2v) is 1.52. The van der Waals surface area contributed by atoms with Gasteiger partial charge in [-0.05, 0) is 13.8 Å². The molecule has 0 radical (unpaired) electrons. The third-order valence-electron chi connectivity index (χ3n) is 0.115. The molecular formula is C6H24AlClLiN2NaO7. The first kappa shape index (κ1) is 59.4. The Morgan fingerprint density at radius 1 is 1.37 bits per heavy atom. The van der Waals surface area contributed by atoms with Crippen molar-refractivity contribution in [3.8, 4) is 0 Å². The molecule has 0 saturated heterocycles. The van der Waals surface area contributed by atoms with Crippen LogP contribution < -0.4 is 54.3 Å². The number of oxime groups is 1. The molecule has 19 heavy (non-hydrogen) atoms. The molecule has 0 rings (SSSR count). The summed E-state index contributed by atoms with van der Waals surface area (Å²) in [5.74, 6) is 2.67. The Labute approximate surface area is 165 Å². The number of aliphatic carboxylic acids is 1. The summed E-state index contributed by atoms with van der Waals surface area (Å²) in [5.41, 5.74) is 0. The maximum absolute atomic E-state index is 9.00. The number of carboxylic acids is 1. The molecule has 0 saturated carbocycles. The van der Waals surface area contributed by atoms with E-state index < -0.39 is 12.3 Å². The van der Waals surface area contributed by atoms with Gasteiger partial charge in [-0.3, -0.25) is 4.79 Å². The van der Waals surface area contributed by atoms with Crippen molar-refractivity contribution in [3.05, 3.63) is 0 Å². The van der Waals surface area contributed by atoms with E-state index in [-0.39, 0.29) is 85.1 Å². The molecular weight excluding hydrogens is 304 g/mol. The van der Waals surface area contributed by atoms with E-state index in [1.165, 1.54) is 13.1 Å². The molecule has 112 valence electrons. The van der Waals surface area contributed by atoms with Gasteiger partial charge in [-0.2, -0.15) is 0 Å². The predicted octanol–water partition coefficient (Wildman–Crippen LogP) is -7.61. The zero-order chi connectivity index (χ0) is 12.6. The smallest absolute Gasteiger partial charge is 1.00 e. The van der Waals surface area contributed by atoms with Gasteiger partial charge in [0.2, 0.25) is 0 Å². The van der Waals surface area contributed by atoms with Gasteiger partial charge in [0.1, 0.15) is 6.29 Å². The molecule has 0 fully saturated rings. The molecule has 9 nitrogen and oxygen atoms in total. The van der Waals surface area contributed by atoms with Gasteiger partial charge in [0.15, 0.2) is 17.4 Å². The van der Waals surface area contributed by atoms with Crippen molar-refractivity contribution in [1.29, 1.82) is 0 Å². The maximum Gasteiger partial charge on any atom is 1.00 e. The van der Waals surface area contributed by atoms with Crippen LogP contribution in [0.2, 0.25) is 0 Å². The molecule has 0 aromatic rings. The monoisotopic (exact) mass is 328 g/mol. The van der Waals surface area contributed by atoms with Crippen LogP contribution in [0.15, 0.2) is 5.16 Å². The summed E-state index contributed by atoms with van der Waals surface area (Å²) < 4.78 is 0. The third kappa shape index (κ3) is 1210. The van der Waals surface area contributed by atoms with Crippen molar-refractivity contribution in [3.63, 3.8) is 0 Å². The molecule has 0 heterocycles. The van der Waals surface area contributed by atoms with E-state index in [1.807, 2.05) is 0 Å². The van der Waals surface area contributed by atoms with Crippen LogP contribution in [0.4, 0.5) is 0 Å². The number of aliphatic hydroxyl groups is 2. The fourth-order valence-electron chi connectivity index (χ4n) is 0. The Morgan fingerprint density at radius 3 is 1.42 bits per heavy atom. The van der Waals surface area contributed by atoms with Crippen molar-refractivity contribution >= 4 is 42.0 Å². The quantitative estimate of drug-likeness (QED) is 0.0831. The van der Waals surface area contributed by atoms with Crippen LogP contribution in [0.25, 0.3) is 0 Å². The third-order valence-corrected chi connectivity index (χ3v) is 0.115. The summed E-state index contributed by atoms with van der Waals surface area (Å²) in [7, 11) is 0. The van der Waals surface area contributed by atoms with E-state index in [9.17, 15) is 0 Å². The summed E-state index contributed by atoms with van der Waals surface area (Å²) in [6, 6.07) is 0. The molecule has 8 N–H and O–H groups in total. The van der Waals surface area contributed by atoms with Crippen LogP contribution in [0, 0.1) is 0 Å². The molecule has 0 amide bonds. The normalized spacial score (nSPS) is 5.47. The van der Waals surface area contributed by atoms with Crippen LogP contribution >= 0.6 is 12.4 Å². The summed E-state index contributed by atoms with van der Waals surface area (Å²) in [4.78, 5) is 9.00. The second-order valence-electron chi connectivity index (χ2n) is 1.52. The molecule has 0 spiro atoms. The van der Waals surface area contributed by atoms with Crippen molar-refractivity contribution in [2.45, 2.75) is 27.1 Å². The van der Waals surface area contributed by atoms with E-state index in [0.29, 0.717) is 0 Å². The number of carboxylic acid groups (broad SMARTS) is 1. The number of aliphatic hydroxyl groups excluding tert-OH is 1. The first-order valence-electron chi connectivity index (χ1n) is 3.32. The largest absolute Gasteiger partial charge is 1.00 e. The average Bonchev–Trinajstić information content (AvgIpc) is 2.05. The van der Waals surface area contributed by atoms with Crippen molar-refractivity contribution in [2.24, 2.45) is 11.1 Å². The average molecular weight is 329 g/mol. The molecule has 0 aromatic carbocycles. The van der Waals surface area contributed by atoms with Gasteiger partial charge in [-0.15, -0.1) is 17.6 Å². The minimum atomic E-state index is -1.17. The molecule has 0 unspecified atom stereocenters. The Kier molecular flexibility index (Phi) is 236. The summed E-state index contributed by atoms with van der Waals surface area (Å²) in [6.45, 7) is 4.00. The number of rotatable bonds is 0. The van der Waals surface area contributed by atoms with E-state index in [1.54, 1.807) is 6.92 Å². The first-order chi connectivity index (χ1) is 6.38. The van der Waals surface area contributed by atoms with E-state index in [4.69, 9.17) is 30.5 Å². The van der Waals surface area contributed by atoms with Crippen molar-refractivity contribution in [1.82, 2.24) is 0 Å². The summed E-state index contributed by atoms with van der Waals surface area (Å²) in [6.07, 6.45) is 0.139. The Hall–Kier alpha value is 1.16. The van der Waals surface area contributed by atoms with Gasteiger partial charge in [-0.25, -0.2) is 5.90 Å². The van der Waals surface area contributed by atoms with Crippen LogP contribution in [0.5, 0.6) is 0 Å². The number of carbonyl (C=O) groups is 1. The van der Waals surface area contributed by atoms with Gasteiger partial charge < -0.3 is 32.6 Å². The predicted molar refractivity (Wildman–Crippen MR) is 69.4 cm³/mol. The molecule has 0 aliphatic rings. The van der Waals surface area contributed by atoms with Crippen molar-refractivity contribution in [2.75, 3.05) is 0 Å². The molecule has 0 atom stereocenters. The van der Waals surface area contributed by atoms with E-state index in [2.05, 4.69) is 11.1 Å². The zero-order valence-corrected chi connectivity index (χ0v) is 14.0. The fourth-order valence-corrected chi connectivity index (χ4v) is 0.